The van der Waals surface area contributed by atoms with Gasteiger partial charge in [0.15, 0.2) is 0 Å². The summed E-state index contributed by atoms with van der Waals surface area (Å²) in [6, 6.07) is 0. The van der Waals surface area contributed by atoms with Crippen LogP contribution < -0.4 is 10.5 Å². The highest BCUT2D eigenvalue weighted by Gasteiger charge is 2.18. The van der Waals surface area contributed by atoms with Gasteiger partial charge in [-0.15, -0.1) is 0 Å². The van der Waals surface area contributed by atoms with Crippen molar-refractivity contribution in [1.29, 1.82) is 0 Å². The molecule has 0 amide bonds. The molecule has 4 nitrogen and oxygen atoms in total. The van der Waals surface area contributed by atoms with Gasteiger partial charge >= 0.3 is 0 Å². The molecule has 2 N–H and O–H groups in total. The van der Waals surface area contributed by atoms with Gasteiger partial charge in [0.05, 0.1) is 12.8 Å². The normalized spacial score (nSPS) is 14.6. The predicted molar refractivity (Wildman–Crippen MR) is 65.8 cm³/mol. The van der Waals surface area contributed by atoms with Gasteiger partial charge < -0.3 is 10.5 Å². The highest BCUT2D eigenvalue weighted by Crippen LogP contribution is 2.28. The molecule has 2 heterocycles. The fourth-order valence-corrected chi connectivity index (χ4v) is 2.74. The van der Waals surface area contributed by atoms with Crippen molar-refractivity contribution in [2.45, 2.75) is 25.0 Å². The van der Waals surface area contributed by atoms with Gasteiger partial charge in [0.1, 0.15) is 5.82 Å². The highest BCUT2D eigenvalue weighted by atomic mass is 32.2. The minimum Gasteiger partial charge on any atom is -0.481 e. The maximum atomic E-state index is 5.49. The first-order chi connectivity index (χ1) is 7.85. The molecule has 2 rings (SSSR count). The van der Waals surface area contributed by atoms with E-state index in [2.05, 4.69) is 9.97 Å². The van der Waals surface area contributed by atoms with E-state index in [4.69, 9.17) is 10.5 Å². The number of hydrogen-bond acceptors (Lipinski definition) is 5. The first kappa shape index (κ1) is 11.7. The Hall–Kier alpha value is -0.810. The number of nitrogens with two attached hydrogens (primary N) is 1. The third-order valence-corrected chi connectivity index (χ3v) is 3.60. The summed E-state index contributed by atoms with van der Waals surface area (Å²) in [4.78, 5) is 9.04. The van der Waals surface area contributed by atoms with E-state index in [0.29, 0.717) is 6.54 Å². The standard InChI is InChI=1S/C11H17N3OS/c1-15-11-8-4-6-16-7-9(8)13-10(14-11)3-2-5-12/h2-7,12H2,1H3. The second-order valence-electron chi connectivity index (χ2n) is 3.77. The molecule has 0 saturated carbocycles. The number of thioether (sulfide) groups is 1. The predicted octanol–water partition coefficient (Wildman–Crippen LogP) is 1.17. The second-order valence-corrected chi connectivity index (χ2v) is 4.87. The molecule has 1 aromatic heterocycles. The molecule has 0 fully saturated rings. The molecule has 1 aromatic rings. The van der Waals surface area contributed by atoms with Gasteiger partial charge in [-0.1, -0.05) is 0 Å². The lowest BCUT2D eigenvalue weighted by atomic mass is 10.1. The van der Waals surface area contributed by atoms with E-state index in [0.717, 1.165) is 48.2 Å². The van der Waals surface area contributed by atoms with E-state index < -0.39 is 0 Å². The van der Waals surface area contributed by atoms with Gasteiger partial charge in [0.25, 0.3) is 0 Å². The zero-order valence-electron chi connectivity index (χ0n) is 9.53. The van der Waals surface area contributed by atoms with Crippen LogP contribution in [0.3, 0.4) is 0 Å². The van der Waals surface area contributed by atoms with Gasteiger partial charge in [0.2, 0.25) is 5.88 Å². The van der Waals surface area contributed by atoms with E-state index in [1.165, 1.54) is 5.56 Å². The average Bonchev–Trinajstić information content (AvgIpc) is 2.35. The van der Waals surface area contributed by atoms with Crippen LogP contribution in [0.15, 0.2) is 0 Å². The lowest BCUT2D eigenvalue weighted by Crippen LogP contribution is -2.12. The molecule has 0 atom stereocenters. The first-order valence-electron chi connectivity index (χ1n) is 5.55. The zero-order chi connectivity index (χ0) is 11.4. The van der Waals surface area contributed by atoms with Crippen LogP contribution in [0.4, 0.5) is 0 Å². The SMILES string of the molecule is COc1nc(CCCN)nc2c1CCSC2. The molecule has 0 spiro atoms. The summed E-state index contributed by atoms with van der Waals surface area (Å²) < 4.78 is 5.34. The molecule has 0 aliphatic carbocycles. The Morgan fingerprint density at radius 2 is 2.31 bits per heavy atom. The van der Waals surface area contributed by atoms with E-state index in [9.17, 15) is 0 Å². The number of ether oxygens (including phenoxy) is 1. The summed E-state index contributed by atoms with van der Waals surface area (Å²) >= 11 is 1.92. The number of fused-ring (bicyclic) bond motifs is 1. The molecule has 0 bridgehead atoms. The summed E-state index contributed by atoms with van der Waals surface area (Å²) in [5.74, 6) is 3.74. The highest BCUT2D eigenvalue weighted by molar-refractivity contribution is 7.98. The Bertz CT molecular complexity index is 353. The Kier molecular flexibility index (Phi) is 4.01. The smallest absolute Gasteiger partial charge is 0.219 e. The van der Waals surface area contributed by atoms with Crippen LogP contribution in [0.2, 0.25) is 0 Å². The molecule has 1 aliphatic rings. The lowest BCUT2D eigenvalue weighted by Gasteiger charge is -2.17. The molecular formula is C11H17N3OS. The van der Waals surface area contributed by atoms with Crippen molar-refractivity contribution in [3.8, 4) is 5.88 Å². The zero-order valence-corrected chi connectivity index (χ0v) is 10.3. The first-order valence-corrected chi connectivity index (χ1v) is 6.71. The van der Waals surface area contributed by atoms with Crippen LogP contribution in [-0.2, 0) is 18.6 Å². The Balaban J connectivity index is 2.28. The summed E-state index contributed by atoms with van der Waals surface area (Å²) in [6.07, 6.45) is 2.78. The Labute approximate surface area is 100.0 Å². The molecule has 0 radical (unpaired) electrons. The fraction of sp³-hybridized carbons (Fsp3) is 0.636. The number of rotatable bonds is 4. The second kappa shape index (κ2) is 5.50. The summed E-state index contributed by atoms with van der Waals surface area (Å²) in [5.41, 5.74) is 7.83. The molecule has 0 saturated heterocycles. The van der Waals surface area contributed by atoms with E-state index in [1.54, 1.807) is 7.11 Å². The number of nitrogens with zero attached hydrogens (tertiary/aromatic N) is 2. The average molecular weight is 239 g/mol. The van der Waals surface area contributed by atoms with Gasteiger partial charge in [-0.05, 0) is 25.1 Å². The maximum absolute atomic E-state index is 5.49. The van der Waals surface area contributed by atoms with Crippen LogP contribution in [0.5, 0.6) is 5.88 Å². The molecule has 88 valence electrons. The van der Waals surface area contributed by atoms with Crippen LogP contribution >= 0.6 is 11.8 Å². The number of aryl methyl sites for hydroxylation is 1. The quantitative estimate of drug-likeness (QED) is 0.854. The molecule has 0 aromatic carbocycles. The molecule has 0 unspecified atom stereocenters. The topological polar surface area (TPSA) is 61.0 Å². The molecular weight excluding hydrogens is 222 g/mol. The fourth-order valence-electron chi connectivity index (χ4n) is 1.81. The minimum absolute atomic E-state index is 0.678. The van der Waals surface area contributed by atoms with E-state index in [1.807, 2.05) is 11.8 Å². The minimum atomic E-state index is 0.678. The van der Waals surface area contributed by atoms with Crippen molar-refractivity contribution >= 4 is 11.8 Å². The van der Waals surface area contributed by atoms with E-state index >= 15 is 0 Å². The third-order valence-electron chi connectivity index (χ3n) is 2.63. The summed E-state index contributed by atoms with van der Waals surface area (Å²) in [7, 11) is 1.68. The van der Waals surface area contributed by atoms with Crippen molar-refractivity contribution < 1.29 is 4.74 Å². The van der Waals surface area contributed by atoms with Crippen molar-refractivity contribution in [3.05, 3.63) is 17.1 Å². The monoisotopic (exact) mass is 239 g/mol. The number of aromatic nitrogens is 2. The molecule has 1 aliphatic heterocycles. The number of hydrogen-bond donors (Lipinski definition) is 1. The summed E-state index contributed by atoms with van der Waals surface area (Å²) in [5, 5.41) is 0. The van der Waals surface area contributed by atoms with Crippen molar-refractivity contribution in [1.82, 2.24) is 9.97 Å². The molecule has 5 heteroatoms. The van der Waals surface area contributed by atoms with Crippen LogP contribution in [0.25, 0.3) is 0 Å². The van der Waals surface area contributed by atoms with Crippen LogP contribution in [-0.4, -0.2) is 29.4 Å². The third kappa shape index (κ3) is 2.47. The number of methoxy groups -OCH3 is 1. The van der Waals surface area contributed by atoms with E-state index in [-0.39, 0.29) is 0 Å². The van der Waals surface area contributed by atoms with Crippen molar-refractivity contribution in [2.75, 3.05) is 19.4 Å². The largest absolute Gasteiger partial charge is 0.481 e. The van der Waals surface area contributed by atoms with Gasteiger partial charge in [-0.25, -0.2) is 4.98 Å². The van der Waals surface area contributed by atoms with Gasteiger partial charge in [-0.3, -0.25) is 0 Å². The van der Waals surface area contributed by atoms with Gasteiger partial charge in [0, 0.05) is 17.7 Å². The molecule has 16 heavy (non-hydrogen) atoms. The summed E-state index contributed by atoms with van der Waals surface area (Å²) in [6.45, 7) is 0.678. The lowest BCUT2D eigenvalue weighted by molar-refractivity contribution is 0.388. The Morgan fingerprint density at radius 3 is 3.06 bits per heavy atom. The van der Waals surface area contributed by atoms with Crippen LogP contribution in [0, 0.1) is 0 Å². The van der Waals surface area contributed by atoms with Crippen LogP contribution in [0.1, 0.15) is 23.5 Å². The van der Waals surface area contributed by atoms with Gasteiger partial charge in [-0.2, -0.15) is 16.7 Å². The van der Waals surface area contributed by atoms with Crippen molar-refractivity contribution in [2.24, 2.45) is 5.73 Å². The maximum Gasteiger partial charge on any atom is 0.219 e. The Morgan fingerprint density at radius 1 is 1.44 bits per heavy atom. The van der Waals surface area contributed by atoms with Crippen molar-refractivity contribution in [3.63, 3.8) is 0 Å².